The van der Waals surface area contributed by atoms with E-state index in [0.717, 1.165) is 23.2 Å². The Bertz CT molecular complexity index is 968. The van der Waals surface area contributed by atoms with Crippen LogP contribution < -0.4 is 4.72 Å². The van der Waals surface area contributed by atoms with Gasteiger partial charge in [0.2, 0.25) is 0 Å². The topological polar surface area (TPSA) is 112 Å². The van der Waals surface area contributed by atoms with Crippen LogP contribution >= 0.6 is 0 Å². The minimum absolute atomic E-state index is 0.145. The SMILES string of the molecule is Cc1coc2ccc(NS(=O)(=O)c3c[nH]c(C(=O)O)c3)cc12. The number of hydrogen-bond acceptors (Lipinski definition) is 4. The molecule has 0 fully saturated rings. The Morgan fingerprint density at radius 1 is 1.32 bits per heavy atom. The van der Waals surface area contributed by atoms with E-state index >= 15 is 0 Å². The number of aromatic amines is 1. The van der Waals surface area contributed by atoms with Crippen molar-refractivity contribution in [3.8, 4) is 0 Å². The second kappa shape index (κ2) is 4.92. The predicted octanol–water partition coefficient (Wildman–Crippen LogP) is 2.57. The van der Waals surface area contributed by atoms with E-state index in [2.05, 4.69) is 9.71 Å². The highest BCUT2D eigenvalue weighted by molar-refractivity contribution is 7.92. The van der Waals surface area contributed by atoms with Gasteiger partial charge in [-0.3, -0.25) is 4.72 Å². The van der Waals surface area contributed by atoms with Crippen LogP contribution in [0.25, 0.3) is 11.0 Å². The summed E-state index contributed by atoms with van der Waals surface area (Å²) in [6, 6.07) is 5.97. The fourth-order valence-corrected chi connectivity index (χ4v) is 3.13. The van der Waals surface area contributed by atoms with Gasteiger partial charge < -0.3 is 14.5 Å². The van der Waals surface area contributed by atoms with Crippen LogP contribution in [0.15, 0.2) is 46.0 Å². The van der Waals surface area contributed by atoms with Crippen LogP contribution in [0.3, 0.4) is 0 Å². The minimum Gasteiger partial charge on any atom is -0.477 e. The van der Waals surface area contributed by atoms with Gasteiger partial charge in [0, 0.05) is 17.3 Å². The van der Waals surface area contributed by atoms with Crippen LogP contribution in [0.4, 0.5) is 5.69 Å². The van der Waals surface area contributed by atoms with Crippen LogP contribution in [0, 0.1) is 6.92 Å². The number of H-pyrrole nitrogens is 1. The molecule has 0 bridgehead atoms. The van der Waals surface area contributed by atoms with Crippen molar-refractivity contribution in [3.63, 3.8) is 0 Å². The molecule has 0 saturated heterocycles. The maximum absolute atomic E-state index is 12.2. The molecule has 114 valence electrons. The van der Waals surface area contributed by atoms with Gasteiger partial charge in [-0.25, -0.2) is 13.2 Å². The van der Waals surface area contributed by atoms with Gasteiger partial charge in [0.25, 0.3) is 10.0 Å². The summed E-state index contributed by atoms with van der Waals surface area (Å²) in [6.45, 7) is 1.86. The summed E-state index contributed by atoms with van der Waals surface area (Å²) in [5.74, 6) is -1.23. The number of carboxylic acid groups (broad SMARTS) is 1. The standard InChI is InChI=1S/C14H12N2O5S/c1-8-7-21-13-3-2-9(4-11(8)13)16-22(19,20)10-5-12(14(17)18)15-6-10/h2-7,15-16H,1H3,(H,17,18). The lowest BCUT2D eigenvalue weighted by Crippen LogP contribution is -2.12. The molecule has 2 aromatic heterocycles. The maximum atomic E-state index is 12.2. The molecule has 2 heterocycles. The number of sulfonamides is 1. The van der Waals surface area contributed by atoms with Crippen molar-refractivity contribution in [1.29, 1.82) is 0 Å². The first kappa shape index (κ1) is 14.2. The van der Waals surface area contributed by atoms with Crippen LogP contribution in [0.5, 0.6) is 0 Å². The lowest BCUT2D eigenvalue weighted by Gasteiger charge is -2.06. The summed E-state index contributed by atoms with van der Waals surface area (Å²) in [5.41, 5.74) is 1.73. The molecule has 0 saturated carbocycles. The monoisotopic (exact) mass is 320 g/mol. The molecular formula is C14H12N2O5S. The molecule has 0 amide bonds. The number of carboxylic acids is 1. The number of fused-ring (bicyclic) bond motifs is 1. The number of anilines is 1. The van der Waals surface area contributed by atoms with E-state index in [1.807, 2.05) is 6.92 Å². The second-order valence-corrected chi connectivity index (χ2v) is 6.47. The second-order valence-electron chi connectivity index (χ2n) is 4.79. The molecule has 0 aliphatic heterocycles. The maximum Gasteiger partial charge on any atom is 0.352 e. The van der Waals surface area contributed by atoms with Crippen molar-refractivity contribution in [2.24, 2.45) is 0 Å². The number of carbonyl (C=O) groups is 1. The van der Waals surface area contributed by atoms with E-state index in [1.54, 1.807) is 24.5 Å². The van der Waals surface area contributed by atoms with E-state index in [4.69, 9.17) is 9.52 Å². The first-order chi connectivity index (χ1) is 10.4. The highest BCUT2D eigenvalue weighted by Gasteiger charge is 2.18. The van der Waals surface area contributed by atoms with Gasteiger partial charge in [0.15, 0.2) is 0 Å². The molecule has 0 radical (unpaired) electrons. The van der Waals surface area contributed by atoms with Crippen molar-refractivity contribution < 1.29 is 22.7 Å². The number of aromatic nitrogens is 1. The van der Waals surface area contributed by atoms with Gasteiger partial charge in [0.1, 0.15) is 16.2 Å². The Kier molecular flexibility index (Phi) is 3.18. The largest absolute Gasteiger partial charge is 0.477 e. The third-order valence-corrected chi connectivity index (χ3v) is 4.58. The first-order valence-electron chi connectivity index (χ1n) is 6.29. The van der Waals surface area contributed by atoms with Gasteiger partial charge >= 0.3 is 5.97 Å². The van der Waals surface area contributed by atoms with Crippen molar-refractivity contribution in [2.75, 3.05) is 4.72 Å². The molecule has 3 rings (SSSR count). The fraction of sp³-hybridized carbons (Fsp3) is 0.0714. The molecule has 0 spiro atoms. The van der Waals surface area contributed by atoms with Gasteiger partial charge in [-0.1, -0.05) is 0 Å². The van der Waals surface area contributed by atoms with E-state index in [-0.39, 0.29) is 10.6 Å². The molecular weight excluding hydrogens is 308 g/mol. The molecule has 3 aromatic rings. The van der Waals surface area contributed by atoms with Crippen LogP contribution in [0.1, 0.15) is 16.1 Å². The van der Waals surface area contributed by atoms with Gasteiger partial charge in [-0.15, -0.1) is 0 Å². The zero-order valence-corrected chi connectivity index (χ0v) is 12.3. The summed E-state index contributed by atoms with van der Waals surface area (Å²) in [5, 5.41) is 9.63. The number of hydrogen-bond donors (Lipinski definition) is 3. The van der Waals surface area contributed by atoms with E-state index in [0.29, 0.717) is 11.3 Å². The highest BCUT2D eigenvalue weighted by Crippen LogP contribution is 2.25. The molecule has 0 unspecified atom stereocenters. The van der Waals surface area contributed by atoms with Gasteiger partial charge in [-0.05, 0) is 36.8 Å². The number of furan rings is 1. The van der Waals surface area contributed by atoms with Crippen LogP contribution in [0.2, 0.25) is 0 Å². The highest BCUT2D eigenvalue weighted by atomic mass is 32.2. The smallest absolute Gasteiger partial charge is 0.352 e. The zero-order valence-electron chi connectivity index (χ0n) is 11.5. The zero-order chi connectivity index (χ0) is 15.9. The van der Waals surface area contributed by atoms with E-state index in [9.17, 15) is 13.2 Å². The third kappa shape index (κ3) is 2.44. The number of aryl methyl sites for hydroxylation is 1. The average Bonchev–Trinajstić information content (AvgIpc) is 3.07. The number of nitrogens with one attached hydrogen (secondary N) is 2. The summed E-state index contributed by atoms with van der Waals surface area (Å²) in [7, 11) is -3.87. The third-order valence-electron chi connectivity index (χ3n) is 3.22. The Hall–Kier alpha value is -2.74. The fourth-order valence-electron chi connectivity index (χ4n) is 2.09. The lowest BCUT2D eigenvalue weighted by molar-refractivity contribution is 0.0691. The van der Waals surface area contributed by atoms with E-state index < -0.39 is 16.0 Å². The molecule has 22 heavy (non-hydrogen) atoms. The lowest BCUT2D eigenvalue weighted by atomic mass is 10.2. The van der Waals surface area contributed by atoms with Crippen molar-refractivity contribution in [3.05, 3.63) is 48.0 Å². The summed E-state index contributed by atoms with van der Waals surface area (Å²) in [6.07, 6.45) is 2.72. The summed E-state index contributed by atoms with van der Waals surface area (Å²) in [4.78, 5) is 13.1. The Labute approximate surface area is 125 Å². The van der Waals surface area contributed by atoms with Crippen LogP contribution in [-0.2, 0) is 10.0 Å². The van der Waals surface area contributed by atoms with Crippen LogP contribution in [-0.4, -0.2) is 24.5 Å². The van der Waals surface area contributed by atoms with Crippen molar-refractivity contribution >= 4 is 32.6 Å². The average molecular weight is 320 g/mol. The molecule has 7 nitrogen and oxygen atoms in total. The molecule has 0 aliphatic carbocycles. The molecule has 0 aliphatic rings. The number of benzene rings is 1. The van der Waals surface area contributed by atoms with E-state index in [1.165, 1.54) is 0 Å². The quantitative estimate of drug-likeness (QED) is 0.684. The van der Waals surface area contributed by atoms with Crippen molar-refractivity contribution in [1.82, 2.24) is 4.98 Å². The normalized spacial score (nSPS) is 11.7. The van der Waals surface area contributed by atoms with Gasteiger partial charge in [-0.2, -0.15) is 0 Å². The molecule has 3 N–H and O–H groups in total. The summed E-state index contributed by atoms with van der Waals surface area (Å²) >= 11 is 0. The summed E-state index contributed by atoms with van der Waals surface area (Å²) < 4.78 is 32.2. The van der Waals surface area contributed by atoms with Gasteiger partial charge in [0.05, 0.1) is 6.26 Å². The Morgan fingerprint density at radius 3 is 2.77 bits per heavy atom. The number of rotatable bonds is 4. The molecule has 0 atom stereocenters. The Morgan fingerprint density at radius 2 is 2.09 bits per heavy atom. The predicted molar refractivity (Wildman–Crippen MR) is 79.5 cm³/mol. The molecule has 1 aromatic carbocycles. The first-order valence-corrected chi connectivity index (χ1v) is 7.77. The molecule has 8 heteroatoms. The van der Waals surface area contributed by atoms with Crippen molar-refractivity contribution in [2.45, 2.75) is 11.8 Å². The Balaban J connectivity index is 1.94. The number of aromatic carboxylic acids is 1. The minimum atomic E-state index is -3.87.